The fourth-order valence-corrected chi connectivity index (χ4v) is 2.37. The lowest BCUT2D eigenvalue weighted by Crippen LogP contribution is -2.24. The highest BCUT2D eigenvalue weighted by Gasteiger charge is 2.13. The maximum Gasteiger partial charge on any atom is 0.0808 e. The Morgan fingerprint density at radius 1 is 1.26 bits per heavy atom. The van der Waals surface area contributed by atoms with Gasteiger partial charge in [-0.05, 0) is 36.9 Å². The molecule has 1 atom stereocenters. The second-order valence-electron chi connectivity index (χ2n) is 5.05. The molecule has 1 aliphatic rings. The van der Waals surface area contributed by atoms with Crippen molar-refractivity contribution >= 4 is 0 Å². The lowest BCUT2D eigenvalue weighted by atomic mass is 10.1. The normalized spacial score (nSPS) is 19.5. The average Bonchev–Trinajstić information content (AvgIpc) is 2.47. The molecule has 1 aromatic rings. The van der Waals surface area contributed by atoms with Crippen LogP contribution in [0, 0.1) is 0 Å². The van der Waals surface area contributed by atoms with E-state index in [1.807, 2.05) is 0 Å². The third-order valence-electron chi connectivity index (χ3n) is 3.52. The molecule has 1 N–H and O–H groups in total. The zero-order chi connectivity index (χ0) is 13.3. The molecule has 3 nitrogen and oxygen atoms in total. The van der Waals surface area contributed by atoms with Gasteiger partial charge in [0, 0.05) is 13.2 Å². The Labute approximate surface area is 116 Å². The minimum absolute atomic E-state index is 0.301. The Morgan fingerprint density at radius 3 is 2.84 bits per heavy atom. The van der Waals surface area contributed by atoms with E-state index in [0.29, 0.717) is 12.7 Å². The van der Waals surface area contributed by atoms with Gasteiger partial charge in [-0.1, -0.05) is 31.2 Å². The van der Waals surface area contributed by atoms with Crippen LogP contribution in [0.25, 0.3) is 0 Å². The number of hydrogen-bond acceptors (Lipinski definition) is 3. The molecule has 0 saturated carbocycles. The van der Waals surface area contributed by atoms with Crippen LogP contribution in [-0.2, 0) is 22.6 Å². The molecular weight excluding hydrogens is 238 g/mol. The summed E-state index contributed by atoms with van der Waals surface area (Å²) in [4.78, 5) is 0. The van der Waals surface area contributed by atoms with E-state index in [2.05, 4.69) is 36.5 Å². The molecule has 1 aliphatic heterocycles. The molecule has 2 rings (SSSR count). The van der Waals surface area contributed by atoms with Gasteiger partial charge in [0.1, 0.15) is 0 Å². The summed E-state index contributed by atoms with van der Waals surface area (Å²) in [7, 11) is 0. The number of nitrogens with one attached hydrogen (secondary N) is 1. The van der Waals surface area contributed by atoms with E-state index >= 15 is 0 Å². The van der Waals surface area contributed by atoms with Gasteiger partial charge in [-0.3, -0.25) is 0 Å². The summed E-state index contributed by atoms with van der Waals surface area (Å²) < 4.78 is 11.5. The van der Waals surface area contributed by atoms with Crippen LogP contribution in [-0.4, -0.2) is 25.9 Å². The van der Waals surface area contributed by atoms with Crippen LogP contribution in [0.5, 0.6) is 0 Å². The van der Waals surface area contributed by atoms with Crippen LogP contribution in [0.1, 0.15) is 37.3 Å². The van der Waals surface area contributed by atoms with Crippen molar-refractivity contribution in [2.75, 3.05) is 19.8 Å². The standard InChI is InChI=1S/C16H25NO2/c1-2-17-11-14-7-3-4-8-15(14)12-18-13-16-9-5-6-10-19-16/h3-4,7-8,16-17H,2,5-6,9-13H2,1H3. The van der Waals surface area contributed by atoms with Crippen molar-refractivity contribution < 1.29 is 9.47 Å². The molecule has 106 valence electrons. The number of rotatable bonds is 7. The van der Waals surface area contributed by atoms with Gasteiger partial charge in [0.05, 0.1) is 19.3 Å². The molecule has 0 spiro atoms. The molecule has 0 bridgehead atoms. The number of hydrogen-bond donors (Lipinski definition) is 1. The van der Waals surface area contributed by atoms with E-state index in [9.17, 15) is 0 Å². The summed E-state index contributed by atoms with van der Waals surface area (Å²) in [5.74, 6) is 0. The van der Waals surface area contributed by atoms with Gasteiger partial charge in [-0.15, -0.1) is 0 Å². The van der Waals surface area contributed by atoms with Gasteiger partial charge < -0.3 is 14.8 Å². The molecule has 1 heterocycles. The zero-order valence-electron chi connectivity index (χ0n) is 11.9. The monoisotopic (exact) mass is 263 g/mol. The Bertz CT molecular complexity index is 362. The second-order valence-corrected chi connectivity index (χ2v) is 5.05. The SMILES string of the molecule is CCNCc1ccccc1COCC1CCCCO1. The van der Waals surface area contributed by atoms with E-state index in [1.165, 1.54) is 24.0 Å². The highest BCUT2D eigenvalue weighted by atomic mass is 16.5. The largest absolute Gasteiger partial charge is 0.376 e. The molecule has 0 radical (unpaired) electrons. The maximum absolute atomic E-state index is 5.83. The molecule has 1 saturated heterocycles. The first-order valence-electron chi connectivity index (χ1n) is 7.37. The van der Waals surface area contributed by atoms with E-state index < -0.39 is 0 Å². The quantitative estimate of drug-likeness (QED) is 0.820. The van der Waals surface area contributed by atoms with Crippen LogP contribution in [0.3, 0.4) is 0 Å². The highest BCUT2D eigenvalue weighted by Crippen LogP contribution is 2.15. The van der Waals surface area contributed by atoms with E-state index in [-0.39, 0.29) is 0 Å². The average molecular weight is 263 g/mol. The van der Waals surface area contributed by atoms with Gasteiger partial charge in [0.25, 0.3) is 0 Å². The van der Waals surface area contributed by atoms with Gasteiger partial charge in [0.2, 0.25) is 0 Å². The van der Waals surface area contributed by atoms with E-state index in [1.54, 1.807) is 0 Å². The van der Waals surface area contributed by atoms with Crippen molar-refractivity contribution in [3.05, 3.63) is 35.4 Å². The van der Waals surface area contributed by atoms with Crippen molar-refractivity contribution in [3.8, 4) is 0 Å². The van der Waals surface area contributed by atoms with Crippen LogP contribution in [0.15, 0.2) is 24.3 Å². The first-order chi connectivity index (χ1) is 9.40. The summed E-state index contributed by atoms with van der Waals surface area (Å²) in [5, 5.41) is 3.36. The Kier molecular flexibility index (Phi) is 6.34. The molecule has 0 aliphatic carbocycles. The maximum atomic E-state index is 5.83. The van der Waals surface area contributed by atoms with Crippen molar-refractivity contribution in [2.24, 2.45) is 0 Å². The highest BCUT2D eigenvalue weighted by molar-refractivity contribution is 5.26. The lowest BCUT2D eigenvalue weighted by molar-refractivity contribution is -0.0448. The predicted octanol–water partition coefficient (Wildman–Crippen LogP) is 2.88. The van der Waals surface area contributed by atoms with E-state index in [4.69, 9.17) is 9.47 Å². The van der Waals surface area contributed by atoms with Gasteiger partial charge in [-0.2, -0.15) is 0 Å². The third kappa shape index (κ3) is 4.94. The first kappa shape index (κ1) is 14.5. The molecule has 19 heavy (non-hydrogen) atoms. The molecule has 0 aromatic heterocycles. The summed E-state index contributed by atoms with van der Waals surface area (Å²) >= 11 is 0. The van der Waals surface area contributed by atoms with Gasteiger partial charge in [0.15, 0.2) is 0 Å². The van der Waals surface area contributed by atoms with Crippen molar-refractivity contribution in [3.63, 3.8) is 0 Å². The van der Waals surface area contributed by atoms with Crippen molar-refractivity contribution in [1.82, 2.24) is 5.32 Å². The van der Waals surface area contributed by atoms with Crippen molar-refractivity contribution in [2.45, 2.75) is 45.4 Å². The Hall–Kier alpha value is -0.900. The summed E-state index contributed by atoms with van der Waals surface area (Å²) in [6, 6.07) is 8.47. The smallest absolute Gasteiger partial charge is 0.0808 e. The molecule has 1 aromatic carbocycles. The lowest BCUT2D eigenvalue weighted by Gasteiger charge is -2.22. The topological polar surface area (TPSA) is 30.5 Å². The second kappa shape index (κ2) is 8.31. The Balaban J connectivity index is 1.77. The third-order valence-corrected chi connectivity index (χ3v) is 3.52. The van der Waals surface area contributed by atoms with Crippen molar-refractivity contribution in [1.29, 1.82) is 0 Å². The molecule has 3 heteroatoms. The van der Waals surface area contributed by atoms with Crippen LogP contribution in [0.4, 0.5) is 0 Å². The summed E-state index contributed by atoms with van der Waals surface area (Å²) in [6.07, 6.45) is 3.90. The number of ether oxygens (including phenoxy) is 2. The number of benzene rings is 1. The summed E-state index contributed by atoms with van der Waals surface area (Å²) in [6.45, 7) is 6.32. The minimum Gasteiger partial charge on any atom is -0.376 e. The molecule has 1 fully saturated rings. The first-order valence-corrected chi connectivity index (χ1v) is 7.37. The zero-order valence-corrected chi connectivity index (χ0v) is 11.9. The van der Waals surface area contributed by atoms with Crippen LogP contribution < -0.4 is 5.32 Å². The summed E-state index contributed by atoms with van der Waals surface area (Å²) in [5.41, 5.74) is 2.60. The van der Waals surface area contributed by atoms with Gasteiger partial charge >= 0.3 is 0 Å². The van der Waals surface area contributed by atoms with Crippen LogP contribution in [0.2, 0.25) is 0 Å². The predicted molar refractivity (Wildman–Crippen MR) is 77.1 cm³/mol. The molecular formula is C16H25NO2. The van der Waals surface area contributed by atoms with E-state index in [0.717, 1.165) is 32.7 Å². The molecule has 1 unspecified atom stereocenters. The van der Waals surface area contributed by atoms with Crippen LogP contribution >= 0.6 is 0 Å². The molecule has 0 amide bonds. The fourth-order valence-electron chi connectivity index (χ4n) is 2.37. The fraction of sp³-hybridized carbons (Fsp3) is 0.625. The minimum atomic E-state index is 0.301. The Morgan fingerprint density at radius 2 is 2.11 bits per heavy atom. The van der Waals surface area contributed by atoms with Gasteiger partial charge in [-0.25, -0.2) is 0 Å².